The molecule has 1 amide bonds. The van der Waals surface area contributed by atoms with E-state index in [0.29, 0.717) is 29.2 Å². The number of halogens is 2. The van der Waals surface area contributed by atoms with Gasteiger partial charge in [0, 0.05) is 36.9 Å². The Hall–Kier alpha value is -3.61. The summed E-state index contributed by atoms with van der Waals surface area (Å²) >= 11 is 0. The molecule has 140 valence electrons. The molecule has 0 fully saturated rings. The highest BCUT2D eigenvalue weighted by molar-refractivity contribution is 6.12. The number of carbonyl (C=O) groups excluding carboxylic acids is 1. The van der Waals surface area contributed by atoms with E-state index in [1.165, 1.54) is 24.4 Å². The van der Waals surface area contributed by atoms with Crippen LogP contribution in [0.5, 0.6) is 0 Å². The van der Waals surface area contributed by atoms with Crippen molar-refractivity contribution in [2.24, 2.45) is 4.99 Å². The van der Waals surface area contributed by atoms with Crippen molar-refractivity contribution in [2.75, 3.05) is 10.6 Å². The largest absolute Gasteiger partial charge is 0.379 e. The van der Waals surface area contributed by atoms with E-state index in [1.807, 2.05) is 12.1 Å². The lowest BCUT2D eigenvalue weighted by molar-refractivity contribution is -0.115. The predicted molar refractivity (Wildman–Crippen MR) is 104 cm³/mol. The van der Waals surface area contributed by atoms with Crippen LogP contribution in [0.25, 0.3) is 0 Å². The van der Waals surface area contributed by atoms with Gasteiger partial charge in [-0.1, -0.05) is 12.1 Å². The number of pyridine rings is 1. The van der Waals surface area contributed by atoms with E-state index in [4.69, 9.17) is 0 Å². The van der Waals surface area contributed by atoms with Crippen LogP contribution in [-0.2, 0) is 11.3 Å². The number of hydrogen-bond donors (Lipinski definition) is 2. The number of aliphatic imine (C=N–C) groups is 1. The van der Waals surface area contributed by atoms with Crippen LogP contribution in [0.15, 0.2) is 65.9 Å². The quantitative estimate of drug-likeness (QED) is 0.647. The number of carbonyl (C=O) groups is 1. The fraction of sp³-hybridized carbons (Fsp3) is 0.0952. The second-order valence-electron chi connectivity index (χ2n) is 6.36. The zero-order valence-electron chi connectivity index (χ0n) is 14.7. The molecule has 0 radical (unpaired) electrons. The van der Waals surface area contributed by atoms with Crippen molar-refractivity contribution in [1.29, 1.82) is 0 Å². The second kappa shape index (κ2) is 7.56. The summed E-state index contributed by atoms with van der Waals surface area (Å²) in [5, 5.41) is 5.63. The smallest absolute Gasteiger partial charge is 0.237 e. The molecule has 2 aromatic carbocycles. The Kier molecular flexibility index (Phi) is 4.80. The maximum atomic E-state index is 14.3. The third kappa shape index (κ3) is 3.73. The van der Waals surface area contributed by atoms with Gasteiger partial charge >= 0.3 is 0 Å². The first-order chi connectivity index (χ1) is 13.6. The third-order valence-electron chi connectivity index (χ3n) is 4.42. The number of amides is 1. The molecular formula is C21H16F2N4O. The van der Waals surface area contributed by atoms with E-state index < -0.39 is 17.6 Å². The van der Waals surface area contributed by atoms with Gasteiger partial charge in [-0.15, -0.1) is 0 Å². The van der Waals surface area contributed by atoms with Gasteiger partial charge < -0.3 is 10.6 Å². The first-order valence-electron chi connectivity index (χ1n) is 8.67. The first kappa shape index (κ1) is 17.8. The zero-order valence-corrected chi connectivity index (χ0v) is 14.7. The van der Waals surface area contributed by atoms with E-state index in [9.17, 15) is 13.6 Å². The molecule has 0 aliphatic carbocycles. The molecule has 0 saturated heterocycles. The van der Waals surface area contributed by atoms with Crippen molar-refractivity contribution in [1.82, 2.24) is 4.98 Å². The number of hydrogen-bond acceptors (Lipinski definition) is 4. The highest BCUT2D eigenvalue weighted by Crippen LogP contribution is 2.32. The van der Waals surface area contributed by atoms with Crippen LogP contribution in [-0.4, -0.2) is 17.1 Å². The van der Waals surface area contributed by atoms with E-state index in [0.717, 1.165) is 5.56 Å². The molecule has 0 spiro atoms. The summed E-state index contributed by atoms with van der Waals surface area (Å²) in [4.78, 5) is 20.3. The van der Waals surface area contributed by atoms with Gasteiger partial charge in [0.15, 0.2) is 0 Å². The third-order valence-corrected chi connectivity index (χ3v) is 4.42. The predicted octanol–water partition coefficient (Wildman–Crippen LogP) is 4.41. The van der Waals surface area contributed by atoms with Gasteiger partial charge in [-0.25, -0.2) is 8.78 Å². The van der Waals surface area contributed by atoms with Crippen LogP contribution in [0.2, 0.25) is 0 Å². The number of nitrogens with zero attached hydrogens (tertiary/aromatic N) is 2. The Morgan fingerprint density at radius 2 is 2.07 bits per heavy atom. The maximum absolute atomic E-state index is 14.3. The SMILES string of the molecule is O=C1Nc2cc(F)ccc2C1C=Nc1ccc(NCc2cccnc2)c(F)c1. The van der Waals surface area contributed by atoms with E-state index in [1.54, 1.807) is 30.6 Å². The molecule has 7 heteroatoms. The first-order valence-corrected chi connectivity index (χ1v) is 8.67. The van der Waals surface area contributed by atoms with E-state index >= 15 is 0 Å². The molecule has 0 bridgehead atoms. The van der Waals surface area contributed by atoms with E-state index in [2.05, 4.69) is 20.6 Å². The number of nitrogens with one attached hydrogen (secondary N) is 2. The fourth-order valence-corrected chi connectivity index (χ4v) is 3.00. The zero-order chi connectivity index (χ0) is 19.5. The molecule has 2 N–H and O–H groups in total. The molecule has 1 atom stereocenters. The molecule has 1 aromatic heterocycles. The molecule has 1 aliphatic rings. The number of aromatic nitrogens is 1. The van der Waals surface area contributed by atoms with Gasteiger partial charge in [0.2, 0.25) is 5.91 Å². The van der Waals surface area contributed by atoms with Crippen LogP contribution in [0.4, 0.5) is 25.8 Å². The summed E-state index contributed by atoms with van der Waals surface area (Å²) in [6.07, 6.45) is 4.83. The van der Waals surface area contributed by atoms with Gasteiger partial charge in [-0.05, 0) is 41.5 Å². The highest BCUT2D eigenvalue weighted by Gasteiger charge is 2.29. The summed E-state index contributed by atoms with van der Waals surface area (Å²) in [7, 11) is 0. The Morgan fingerprint density at radius 1 is 1.18 bits per heavy atom. The Bertz CT molecular complexity index is 1050. The van der Waals surface area contributed by atoms with Gasteiger partial charge in [0.1, 0.15) is 17.6 Å². The van der Waals surface area contributed by atoms with Crippen molar-refractivity contribution in [2.45, 2.75) is 12.5 Å². The highest BCUT2D eigenvalue weighted by atomic mass is 19.1. The van der Waals surface area contributed by atoms with E-state index in [-0.39, 0.29) is 5.91 Å². The fourth-order valence-electron chi connectivity index (χ4n) is 3.00. The minimum absolute atomic E-state index is 0.292. The number of anilines is 2. The van der Waals surface area contributed by atoms with Gasteiger partial charge in [0.05, 0.1) is 11.4 Å². The summed E-state index contributed by atoms with van der Waals surface area (Å²) in [5.74, 6) is -1.80. The van der Waals surface area contributed by atoms with Crippen LogP contribution >= 0.6 is 0 Å². The second-order valence-corrected chi connectivity index (χ2v) is 6.36. The molecule has 1 aliphatic heterocycles. The Morgan fingerprint density at radius 3 is 2.86 bits per heavy atom. The summed E-state index contributed by atoms with van der Waals surface area (Å²) < 4.78 is 27.6. The number of benzene rings is 2. The lowest BCUT2D eigenvalue weighted by Crippen LogP contribution is -2.12. The van der Waals surface area contributed by atoms with Crippen molar-refractivity contribution >= 4 is 29.2 Å². The van der Waals surface area contributed by atoms with Crippen LogP contribution in [0.1, 0.15) is 17.0 Å². The van der Waals surface area contributed by atoms with Crippen molar-refractivity contribution < 1.29 is 13.6 Å². The van der Waals surface area contributed by atoms with Gasteiger partial charge in [-0.3, -0.25) is 14.8 Å². The number of fused-ring (bicyclic) bond motifs is 1. The van der Waals surface area contributed by atoms with Gasteiger partial charge in [-0.2, -0.15) is 0 Å². The molecular weight excluding hydrogens is 362 g/mol. The minimum Gasteiger partial charge on any atom is -0.379 e. The van der Waals surface area contributed by atoms with Crippen molar-refractivity contribution in [3.63, 3.8) is 0 Å². The molecule has 0 saturated carbocycles. The monoisotopic (exact) mass is 378 g/mol. The van der Waals surface area contributed by atoms with Crippen molar-refractivity contribution in [3.8, 4) is 0 Å². The average Bonchev–Trinajstić information content (AvgIpc) is 3.00. The van der Waals surface area contributed by atoms with Gasteiger partial charge in [0.25, 0.3) is 0 Å². The molecule has 28 heavy (non-hydrogen) atoms. The standard InChI is InChI=1S/C21H16F2N4O/c22-14-3-5-16-17(21(28)27-20(16)8-14)12-25-15-4-6-19(18(23)9-15)26-11-13-2-1-7-24-10-13/h1-10,12,17,26H,11H2,(H,27,28). The average molecular weight is 378 g/mol. The van der Waals surface area contributed by atoms with Crippen LogP contribution < -0.4 is 10.6 Å². The summed E-state index contributed by atoms with van der Waals surface area (Å²) in [6, 6.07) is 12.4. The maximum Gasteiger partial charge on any atom is 0.237 e. The molecule has 2 heterocycles. The Balaban J connectivity index is 1.47. The lowest BCUT2D eigenvalue weighted by Gasteiger charge is -2.08. The number of rotatable bonds is 5. The summed E-state index contributed by atoms with van der Waals surface area (Å²) in [5.41, 5.74) is 2.74. The topological polar surface area (TPSA) is 66.4 Å². The molecule has 4 rings (SSSR count). The normalized spacial score (nSPS) is 15.5. The lowest BCUT2D eigenvalue weighted by atomic mass is 10.0. The van der Waals surface area contributed by atoms with Crippen LogP contribution in [0.3, 0.4) is 0 Å². The Labute approximate surface area is 160 Å². The minimum atomic E-state index is -0.637. The van der Waals surface area contributed by atoms with Crippen molar-refractivity contribution in [3.05, 3.63) is 83.7 Å². The molecule has 5 nitrogen and oxygen atoms in total. The molecule has 3 aromatic rings. The summed E-state index contributed by atoms with van der Waals surface area (Å²) in [6.45, 7) is 0.447. The van der Waals surface area contributed by atoms with Crippen LogP contribution in [0, 0.1) is 11.6 Å². The molecule has 1 unspecified atom stereocenters.